The fourth-order valence-corrected chi connectivity index (χ4v) is 0.974. The lowest BCUT2D eigenvalue weighted by molar-refractivity contribution is -0.142. The van der Waals surface area contributed by atoms with Gasteiger partial charge in [0.2, 0.25) is 14.5 Å². The monoisotopic (exact) mass is 336 g/mol. The molecule has 0 aliphatic heterocycles. The fourth-order valence-electron chi connectivity index (χ4n) is 0.785. The van der Waals surface area contributed by atoms with E-state index >= 15 is 0 Å². The van der Waals surface area contributed by atoms with Gasteiger partial charge in [0, 0.05) is 26.8 Å². The second-order valence-electron chi connectivity index (χ2n) is 4.88. The number of hydrogen-bond donors (Lipinski definition) is 1. The third-order valence-corrected chi connectivity index (χ3v) is 3.45. The van der Waals surface area contributed by atoms with Crippen LogP contribution in [0.4, 0.5) is 0 Å². The molecule has 0 radical (unpaired) electrons. The van der Waals surface area contributed by atoms with E-state index in [2.05, 4.69) is 21.4 Å². The van der Waals surface area contributed by atoms with Crippen LogP contribution in [0.15, 0.2) is 0 Å². The molecule has 4 nitrogen and oxygen atoms in total. The highest BCUT2D eigenvalue weighted by molar-refractivity contribution is 8.26. The van der Waals surface area contributed by atoms with Gasteiger partial charge in [-0.3, -0.25) is 9.59 Å². The minimum Gasteiger partial charge on any atom is -0.481 e. The van der Waals surface area contributed by atoms with Gasteiger partial charge in [0.25, 0.3) is 0 Å². The van der Waals surface area contributed by atoms with Crippen molar-refractivity contribution in [2.24, 2.45) is 10.8 Å². The summed E-state index contributed by atoms with van der Waals surface area (Å²) in [6.07, 6.45) is 3.69. The Kier molecular flexibility index (Phi) is 7.14. The van der Waals surface area contributed by atoms with Crippen molar-refractivity contribution >= 4 is 53.4 Å². The van der Waals surface area contributed by atoms with Gasteiger partial charge in [-0.05, 0) is 44.2 Å². The first-order valence-corrected chi connectivity index (χ1v) is 8.39. The number of halogens is 3. The number of carbonyl (C=O) groups is 2. The molecular weight excluding hydrogens is 323 g/mol. The minimum absolute atomic E-state index is 0.123. The molecule has 0 amide bonds. The molecule has 2 fully saturated rings. The molecule has 2 saturated carbocycles. The molecule has 1 N–H and O–H groups in total. The minimum atomic E-state index is -1.67. The highest BCUT2D eigenvalue weighted by Crippen LogP contribution is 2.46. The van der Waals surface area contributed by atoms with Gasteiger partial charge in [0.1, 0.15) is 0 Å². The van der Waals surface area contributed by atoms with Crippen LogP contribution in [0.25, 0.3) is 0 Å². The normalized spacial score (nSPS) is 20.8. The lowest BCUT2D eigenvalue weighted by atomic mass is 10.2. The molecular formula is C10H15Cl3O4S. The zero-order chi connectivity index (χ0) is 14.6. The van der Waals surface area contributed by atoms with Gasteiger partial charge in [0.05, 0.1) is 5.41 Å². The third-order valence-electron chi connectivity index (χ3n) is 2.99. The summed E-state index contributed by atoms with van der Waals surface area (Å²) >= 11 is 5.18. The van der Waals surface area contributed by atoms with Gasteiger partial charge in [0.15, 0.2) is 0 Å². The molecule has 0 atom stereocenters. The van der Waals surface area contributed by atoms with Crippen LogP contribution in [-0.4, -0.2) is 20.5 Å². The Morgan fingerprint density at radius 1 is 1.06 bits per heavy atom. The maximum Gasteiger partial charge on any atom is 0.309 e. The van der Waals surface area contributed by atoms with Crippen molar-refractivity contribution in [3.05, 3.63) is 0 Å². The zero-order valence-corrected chi connectivity index (χ0v) is 13.1. The van der Waals surface area contributed by atoms with Crippen LogP contribution >= 0.6 is 33.0 Å². The highest BCUT2D eigenvalue weighted by Gasteiger charge is 2.45. The van der Waals surface area contributed by atoms with E-state index in [1.165, 1.54) is 0 Å². The van der Waals surface area contributed by atoms with Crippen LogP contribution in [0.2, 0.25) is 0 Å². The topological polar surface area (TPSA) is 71.4 Å². The second kappa shape index (κ2) is 7.08. The summed E-state index contributed by atoms with van der Waals surface area (Å²) < 4.78 is 9.09. The maximum atomic E-state index is 10.3. The molecule has 0 spiro atoms. The van der Waals surface area contributed by atoms with E-state index in [1.54, 1.807) is 6.92 Å². The highest BCUT2D eigenvalue weighted by atomic mass is 36.0. The molecule has 8 heteroatoms. The van der Waals surface area contributed by atoms with E-state index in [0.717, 1.165) is 25.7 Å². The molecule has 0 heterocycles. The summed E-state index contributed by atoms with van der Waals surface area (Å²) in [6, 6.07) is 0. The van der Waals surface area contributed by atoms with Crippen LogP contribution in [0.3, 0.4) is 0 Å². The Morgan fingerprint density at radius 2 is 1.33 bits per heavy atom. The third kappa shape index (κ3) is 7.56. The molecule has 2 rings (SSSR count). The summed E-state index contributed by atoms with van der Waals surface area (Å²) in [6.45, 7) is 3.66. The largest absolute Gasteiger partial charge is 0.481 e. The van der Waals surface area contributed by atoms with Crippen molar-refractivity contribution in [3.63, 3.8) is 0 Å². The Hall–Kier alpha value is 0.160. The Bertz CT molecular complexity index is 319. The lowest BCUT2D eigenvalue weighted by Gasteiger charge is -1.94. The Morgan fingerprint density at radius 3 is 1.33 bits per heavy atom. The zero-order valence-electron chi connectivity index (χ0n) is 10.0. The molecule has 0 bridgehead atoms. The van der Waals surface area contributed by atoms with E-state index < -0.39 is 15.2 Å². The van der Waals surface area contributed by atoms with Gasteiger partial charge < -0.3 is 5.11 Å². The number of carboxylic acids is 1. The molecule has 2 aliphatic carbocycles. The lowest BCUT2D eigenvalue weighted by Crippen LogP contribution is -2.08. The number of rotatable bonds is 2. The summed E-state index contributed by atoms with van der Waals surface area (Å²) in [4.78, 5) is 20.4. The Balaban J connectivity index is 0.000000253. The van der Waals surface area contributed by atoms with Crippen LogP contribution in [-0.2, 0) is 18.8 Å². The van der Waals surface area contributed by atoms with Gasteiger partial charge >= 0.3 is 5.97 Å². The molecule has 0 aromatic heterocycles. The van der Waals surface area contributed by atoms with Crippen LogP contribution in [0.1, 0.15) is 39.5 Å². The number of carbonyl (C=O) groups excluding carboxylic acids is 1. The molecule has 0 saturated heterocycles. The summed E-state index contributed by atoms with van der Waals surface area (Å²) in [7, 11) is 7.36. The maximum absolute atomic E-state index is 10.3. The molecule has 18 heavy (non-hydrogen) atoms. The first-order chi connectivity index (χ1) is 8.03. The smallest absolute Gasteiger partial charge is 0.309 e. The van der Waals surface area contributed by atoms with Crippen molar-refractivity contribution in [2.75, 3.05) is 0 Å². The van der Waals surface area contributed by atoms with Crippen molar-refractivity contribution in [1.29, 1.82) is 0 Å². The second-order valence-corrected chi connectivity index (χ2v) is 7.75. The molecule has 0 aromatic rings. The van der Waals surface area contributed by atoms with E-state index in [0.29, 0.717) is 0 Å². The fraction of sp³-hybridized carbons (Fsp3) is 0.800. The molecule has 0 unspecified atom stereocenters. The Labute approximate surface area is 122 Å². The standard InChI is InChI=1S/C5H7ClO.C5H8O2.Cl2OS/c2*1-5(2-3-5)4(6)7;1-4(2)3/h2-3H2,1H3;2-3H2,1H3,(H,6,7);. The molecule has 2 aliphatic rings. The SMILES string of the molecule is CC1(C(=O)Cl)CC1.CC1(C(=O)O)CC1.O=S(Cl)Cl. The predicted octanol–water partition coefficient (Wildman–Crippen LogP) is 3.47. The summed E-state index contributed by atoms with van der Waals surface area (Å²) in [5, 5.41) is 8.14. The van der Waals surface area contributed by atoms with Crippen LogP contribution in [0.5, 0.6) is 0 Å². The average Bonchev–Trinajstić information content (AvgIpc) is 3.07. The summed E-state index contributed by atoms with van der Waals surface area (Å²) in [5.74, 6) is -0.646. The number of hydrogen-bond acceptors (Lipinski definition) is 3. The average molecular weight is 338 g/mol. The van der Waals surface area contributed by atoms with E-state index in [1.807, 2.05) is 6.92 Å². The van der Waals surface area contributed by atoms with Gasteiger partial charge in [-0.1, -0.05) is 6.92 Å². The van der Waals surface area contributed by atoms with Crippen molar-refractivity contribution in [2.45, 2.75) is 39.5 Å². The first kappa shape index (κ1) is 18.2. The van der Waals surface area contributed by atoms with Gasteiger partial charge in [-0.15, -0.1) is 0 Å². The van der Waals surface area contributed by atoms with Crippen molar-refractivity contribution in [1.82, 2.24) is 0 Å². The van der Waals surface area contributed by atoms with Crippen molar-refractivity contribution in [3.8, 4) is 0 Å². The number of carboxylic acid groups (broad SMARTS) is 1. The van der Waals surface area contributed by atoms with Crippen LogP contribution in [0, 0.1) is 10.8 Å². The molecule has 106 valence electrons. The number of aliphatic carboxylic acids is 1. The van der Waals surface area contributed by atoms with Crippen molar-refractivity contribution < 1.29 is 18.9 Å². The molecule has 0 aromatic carbocycles. The van der Waals surface area contributed by atoms with E-state index in [4.69, 9.17) is 20.9 Å². The van der Waals surface area contributed by atoms with E-state index in [9.17, 15) is 9.59 Å². The van der Waals surface area contributed by atoms with Crippen LogP contribution < -0.4 is 0 Å². The van der Waals surface area contributed by atoms with E-state index in [-0.39, 0.29) is 16.1 Å². The first-order valence-electron chi connectivity index (χ1n) is 5.21. The predicted molar refractivity (Wildman–Crippen MR) is 73.0 cm³/mol. The van der Waals surface area contributed by atoms with Gasteiger partial charge in [-0.2, -0.15) is 0 Å². The van der Waals surface area contributed by atoms with Gasteiger partial charge in [-0.25, -0.2) is 4.21 Å². The summed E-state index contributed by atoms with van der Waals surface area (Å²) in [5.41, 5.74) is -0.457. The quantitative estimate of drug-likeness (QED) is 0.783.